The molecule has 2 saturated heterocycles. The predicted octanol–water partition coefficient (Wildman–Crippen LogP) is 6.05. The van der Waals surface area contributed by atoms with Crippen molar-refractivity contribution < 1.29 is 32.3 Å². The molecular formula is C27H26F3N3O4. The van der Waals surface area contributed by atoms with E-state index in [2.05, 4.69) is 15.0 Å². The number of hydrogen-bond acceptors (Lipinski definition) is 6. The molecule has 6 rings (SSSR count). The van der Waals surface area contributed by atoms with Crippen LogP contribution in [0.2, 0.25) is 0 Å². The van der Waals surface area contributed by atoms with Gasteiger partial charge in [0.2, 0.25) is 0 Å². The van der Waals surface area contributed by atoms with Crippen LogP contribution in [0.15, 0.2) is 47.0 Å². The van der Waals surface area contributed by atoms with E-state index in [-0.39, 0.29) is 47.7 Å². The van der Waals surface area contributed by atoms with Gasteiger partial charge in [-0.15, -0.1) is 0 Å². The van der Waals surface area contributed by atoms with Gasteiger partial charge in [0.1, 0.15) is 17.3 Å². The molecule has 3 fully saturated rings. The van der Waals surface area contributed by atoms with E-state index in [1.54, 1.807) is 12.1 Å². The zero-order chi connectivity index (χ0) is 25.7. The maximum absolute atomic E-state index is 13.7. The molecule has 2 unspecified atom stereocenters. The molecule has 1 N–H and O–H groups in total. The van der Waals surface area contributed by atoms with Crippen molar-refractivity contribution in [1.82, 2.24) is 10.1 Å². The number of benzene rings is 1. The van der Waals surface area contributed by atoms with Crippen molar-refractivity contribution in [3.05, 3.63) is 65.0 Å². The molecule has 4 heterocycles. The van der Waals surface area contributed by atoms with Gasteiger partial charge in [-0.3, -0.25) is 0 Å². The average molecular weight is 514 g/mol. The van der Waals surface area contributed by atoms with Crippen LogP contribution in [-0.4, -0.2) is 39.4 Å². The molecular weight excluding hydrogens is 487 g/mol. The monoisotopic (exact) mass is 513 g/mol. The first-order chi connectivity index (χ1) is 17.8. The molecule has 10 heteroatoms. The Bertz CT molecular complexity index is 1310. The zero-order valence-electron chi connectivity index (χ0n) is 19.9. The van der Waals surface area contributed by atoms with E-state index < -0.39 is 17.7 Å². The Morgan fingerprint density at radius 3 is 2.46 bits per heavy atom. The number of fused-ring (bicyclic) bond motifs is 2. The van der Waals surface area contributed by atoms with Crippen molar-refractivity contribution in [2.75, 3.05) is 4.90 Å². The lowest BCUT2D eigenvalue weighted by Gasteiger charge is -2.39. The molecule has 194 valence electrons. The summed E-state index contributed by atoms with van der Waals surface area (Å²) in [5.74, 6) is 0.396. The lowest BCUT2D eigenvalue weighted by atomic mass is 9.98. The summed E-state index contributed by atoms with van der Waals surface area (Å²) in [6, 6.07) is 10.8. The number of nitrogens with zero attached hydrogens (tertiary/aromatic N) is 3. The Morgan fingerprint density at radius 1 is 1.05 bits per heavy atom. The molecule has 1 saturated carbocycles. The van der Waals surface area contributed by atoms with Crippen molar-refractivity contribution in [3.8, 4) is 11.3 Å². The highest BCUT2D eigenvalue weighted by atomic mass is 19.4. The molecule has 3 aromatic rings. The Morgan fingerprint density at radius 2 is 1.78 bits per heavy atom. The summed E-state index contributed by atoms with van der Waals surface area (Å²) in [6.07, 6.45) is 0.626. The molecule has 3 aliphatic rings. The van der Waals surface area contributed by atoms with Gasteiger partial charge in [-0.05, 0) is 56.7 Å². The summed E-state index contributed by atoms with van der Waals surface area (Å²) < 4.78 is 53.1. The molecule has 2 aliphatic heterocycles. The van der Waals surface area contributed by atoms with Crippen molar-refractivity contribution in [1.29, 1.82) is 0 Å². The van der Waals surface area contributed by atoms with Gasteiger partial charge in [0.25, 0.3) is 0 Å². The highest BCUT2D eigenvalue weighted by molar-refractivity contribution is 5.85. The van der Waals surface area contributed by atoms with Gasteiger partial charge in [0.15, 0.2) is 5.69 Å². The van der Waals surface area contributed by atoms with Crippen LogP contribution in [-0.2, 0) is 17.5 Å². The first-order valence-corrected chi connectivity index (χ1v) is 12.5. The van der Waals surface area contributed by atoms with Crippen LogP contribution in [0.5, 0.6) is 0 Å². The van der Waals surface area contributed by atoms with E-state index in [0.717, 1.165) is 44.6 Å². The van der Waals surface area contributed by atoms with Gasteiger partial charge in [0, 0.05) is 29.1 Å². The highest BCUT2D eigenvalue weighted by Gasteiger charge is 2.43. The number of alkyl halides is 3. The van der Waals surface area contributed by atoms with Crippen molar-refractivity contribution >= 4 is 11.8 Å². The number of aromatic nitrogens is 2. The summed E-state index contributed by atoms with van der Waals surface area (Å²) in [4.78, 5) is 17.9. The molecule has 2 bridgehead atoms. The summed E-state index contributed by atoms with van der Waals surface area (Å²) in [5.41, 5.74) is 0.0783. The normalized spacial score (nSPS) is 23.4. The van der Waals surface area contributed by atoms with Crippen LogP contribution >= 0.6 is 0 Å². The van der Waals surface area contributed by atoms with E-state index in [1.165, 1.54) is 18.2 Å². The topological polar surface area (TPSA) is 88.7 Å². The summed E-state index contributed by atoms with van der Waals surface area (Å²) in [6.45, 7) is 0.133. The molecule has 0 radical (unpaired) electrons. The third-order valence-electron chi connectivity index (χ3n) is 7.63. The minimum absolute atomic E-state index is 0.00326. The molecule has 0 amide bonds. The first kappa shape index (κ1) is 24.0. The number of carbonyl (C=O) groups is 1. The van der Waals surface area contributed by atoms with Gasteiger partial charge in [0.05, 0.1) is 18.3 Å². The Hall–Kier alpha value is -3.40. The maximum atomic E-state index is 13.7. The number of hydrogen-bond donors (Lipinski definition) is 1. The quantitative estimate of drug-likeness (QED) is 0.412. The smallest absolute Gasteiger partial charge is 0.417 e. The van der Waals surface area contributed by atoms with Gasteiger partial charge in [-0.1, -0.05) is 29.4 Å². The summed E-state index contributed by atoms with van der Waals surface area (Å²) in [5, 5.41) is 13.4. The lowest BCUT2D eigenvalue weighted by Crippen LogP contribution is -2.46. The van der Waals surface area contributed by atoms with Crippen LogP contribution in [0.1, 0.15) is 71.8 Å². The van der Waals surface area contributed by atoms with E-state index in [0.29, 0.717) is 17.1 Å². The van der Waals surface area contributed by atoms with E-state index in [1.807, 2.05) is 6.07 Å². The zero-order valence-corrected chi connectivity index (χ0v) is 19.9. The minimum Gasteiger partial charge on any atom is -0.477 e. The average Bonchev–Trinajstić information content (AvgIpc) is 3.58. The van der Waals surface area contributed by atoms with E-state index >= 15 is 0 Å². The number of anilines is 1. The third kappa shape index (κ3) is 4.58. The second-order valence-electron chi connectivity index (χ2n) is 10.1. The SMILES string of the molecule is O=C(O)c1cccc(N2C3CCC2CC(OCc2c(-c4ccccc4C(F)(F)F)noc2C2CC2)C3)n1. The first-order valence-electron chi connectivity index (χ1n) is 12.5. The largest absolute Gasteiger partial charge is 0.477 e. The standard InChI is InChI=1S/C27H26F3N3O4/c28-27(29,30)21-5-2-1-4-19(21)24-20(25(37-32-24)15-8-9-15)14-36-18-12-16-10-11-17(13-18)33(16)23-7-3-6-22(31-23)26(34)35/h1-7,15-18H,8-14H2,(H,34,35). The van der Waals surface area contributed by atoms with E-state index in [9.17, 15) is 23.1 Å². The number of piperidine rings is 1. The van der Waals surface area contributed by atoms with Crippen LogP contribution < -0.4 is 4.90 Å². The van der Waals surface area contributed by atoms with E-state index in [4.69, 9.17) is 9.26 Å². The molecule has 37 heavy (non-hydrogen) atoms. The third-order valence-corrected chi connectivity index (χ3v) is 7.63. The Kier molecular flexibility index (Phi) is 5.94. The molecule has 7 nitrogen and oxygen atoms in total. The predicted molar refractivity (Wildman–Crippen MR) is 127 cm³/mol. The summed E-state index contributed by atoms with van der Waals surface area (Å²) >= 11 is 0. The van der Waals surface area contributed by atoms with Gasteiger partial charge >= 0.3 is 12.1 Å². The minimum atomic E-state index is -4.51. The number of carboxylic acids is 1. The van der Waals surface area contributed by atoms with Gasteiger partial charge in [-0.25, -0.2) is 9.78 Å². The number of rotatable bonds is 7. The Labute approximate surface area is 211 Å². The van der Waals surface area contributed by atoms with Crippen molar-refractivity contribution in [2.45, 2.75) is 75.4 Å². The molecule has 2 atom stereocenters. The van der Waals surface area contributed by atoms with Gasteiger partial charge < -0.3 is 19.3 Å². The van der Waals surface area contributed by atoms with Crippen LogP contribution in [0.25, 0.3) is 11.3 Å². The fourth-order valence-electron chi connectivity index (χ4n) is 5.80. The second-order valence-corrected chi connectivity index (χ2v) is 10.1. The fraction of sp³-hybridized carbons (Fsp3) is 0.444. The number of carboxylic acid groups (broad SMARTS) is 1. The molecule has 1 aromatic carbocycles. The van der Waals surface area contributed by atoms with Gasteiger partial charge in [-0.2, -0.15) is 13.2 Å². The number of aromatic carboxylic acids is 1. The van der Waals surface area contributed by atoms with Crippen molar-refractivity contribution in [2.24, 2.45) is 0 Å². The molecule has 2 aromatic heterocycles. The van der Waals surface area contributed by atoms with Crippen molar-refractivity contribution in [3.63, 3.8) is 0 Å². The second kappa shape index (κ2) is 9.16. The number of ether oxygens (including phenoxy) is 1. The van der Waals surface area contributed by atoms with Crippen LogP contribution in [0.4, 0.5) is 19.0 Å². The molecule has 0 spiro atoms. The molecule has 1 aliphatic carbocycles. The van der Waals surface area contributed by atoms with Crippen LogP contribution in [0.3, 0.4) is 0 Å². The lowest BCUT2D eigenvalue weighted by molar-refractivity contribution is -0.137. The number of pyridine rings is 1. The highest BCUT2D eigenvalue weighted by Crippen LogP contribution is 2.46. The number of halogens is 3. The fourth-order valence-corrected chi connectivity index (χ4v) is 5.80. The summed E-state index contributed by atoms with van der Waals surface area (Å²) in [7, 11) is 0. The maximum Gasteiger partial charge on any atom is 0.417 e. The van der Waals surface area contributed by atoms with Crippen LogP contribution in [0, 0.1) is 0 Å². The Balaban J connectivity index is 1.22.